The quantitative estimate of drug-likeness (QED) is 0.352. The first-order chi connectivity index (χ1) is 16.4. The third-order valence-corrected chi connectivity index (χ3v) is 6.45. The molecule has 34 heavy (non-hydrogen) atoms. The number of nitrogens with zero attached hydrogens (tertiary/aromatic N) is 2. The van der Waals surface area contributed by atoms with E-state index in [0.717, 1.165) is 45.5 Å². The summed E-state index contributed by atoms with van der Waals surface area (Å²) >= 11 is 12.5. The van der Waals surface area contributed by atoms with Crippen LogP contribution in [0.4, 0.5) is 5.69 Å². The van der Waals surface area contributed by atoms with Crippen molar-refractivity contribution >= 4 is 45.6 Å². The highest BCUT2D eigenvalue weighted by Crippen LogP contribution is 2.37. The van der Waals surface area contributed by atoms with Crippen LogP contribution in [0.15, 0.2) is 66.9 Å². The number of anilines is 1. The van der Waals surface area contributed by atoms with Gasteiger partial charge in [0.25, 0.3) is 5.91 Å². The van der Waals surface area contributed by atoms with Crippen LogP contribution in [0.2, 0.25) is 10.0 Å². The molecule has 4 aromatic rings. The molecule has 5 rings (SSSR count). The highest BCUT2D eigenvalue weighted by Gasteiger charge is 2.25. The van der Waals surface area contributed by atoms with Crippen LogP contribution in [-0.2, 0) is 0 Å². The van der Waals surface area contributed by atoms with Crippen LogP contribution in [0, 0.1) is 0 Å². The van der Waals surface area contributed by atoms with Crippen LogP contribution in [0.1, 0.15) is 28.4 Å². The lowest BCUT2D eigenvalue weighted by molar-refractivity contribution is 0.0925. The van der Waals surface area contributed by atoms with Crippen molar-refractivity contribution in [1.29, 1.82) is 0 Å². The Kier molecular flexibility index (Phi) is 6.07. The molecule has 3 aromatic carbocycles. The second kappa shape index (κ2) is 9.16. The molecule has 0 saturated heterocycles. The predicted octanol–water partition coefficient (Wildman–Crippen LogP) is 6.53. The van der Waals surface area contributed by atoms with E-state index in [9.17, 15) is 4.79 Å². The number of aromatic nitrogens is 1. The van der Waals surface area contributed by atoms with E-state index in [1.54, 1.807) is 12.3 Å². The Labute approximate surface area is 208 Å². The highest BCUT2D eigenvalue weighted by molar-refractivity contribution is 6.35. The zero-order valence-corrected chi connectivity index (χ0v) is 20.3. The van der Waals surface area contributed by atoms with Crippen molar-refractivity contribution in [1.82, 2.24) is 10.3 Å². The fourth-order valence-electron chi connectivity index (χ4n) is 4.55. The standard InChI is InChI=1S/C27H23Cl2N3O2/c1-32(2)26-20-9-11-30-25(16-13-17(28)15-18(29)14-16)19(20)7-8-22(26)27(33)31-23-10-12-34-24-6-4-3-5-21(23)24/h3-9,11,13-15,23H,10,12H2,1-2H3,(H,31,33). The van der Waals surface area contributed by atoms with Gasteiger partial charge in [0.2, 0.25) is 0 Å². The van der Waals surface area contributed by atoms with Crippen molar-refractivity contribution < 1.29 is 9.53 Å². The number of fused-ring (bicyclic) bond motifs is 2. The van der Waals surface area contributed by atoms with Gasteiger partial charge in [-0.05, 0) is 36.4 Å². The number of halogens is 2. The third-order valence-electron chi connectivity index (χ3n) is 6.01. The zero-order valence-electron chi connectivity index (χ0n) is 18.8. The van der Waals surface area contributed by atoms with Crippen molar-refractivity contribution in [2.45, 2.75) is 12.5 Å². The number of carbonyl (C=O) groups is 1. The van der Waals surface area contributed by atoms with Gasteiger partial charge in [-0.15, -0.1) is 0 Å². The molecule has 0 fully saturated rings. The third kappa shape index (κ3) is 4.17. The maximum Gasteiger partial charge on any atom is 0.253 e. The molecule has 5 nitrogen and oxygen atoms in total. The van der Waals surface area contributed by atoms with Gasteiger partial charge in [0.1, 0.15) is 5.75 Å². The van der Waals surface area contributed by atoms with E-state index in [-0.39, 0.29) is 11.9 Å². The van der Waals surface area contributed by atoms with E-state index in [4.69, 9.17) is 27.9 Å². The Balaban J connectivity index is 1.58. The molecule has 1 atom stereocenters. The average molecular weight is 492 g/mol. The second-order valence-corrected chi connectivity index (χ2v) is 9.34. The van der Waals surface area contributed by atoms with E-state index in [1.165, 1.54) is 0 Å². The summed E-state index contributed by atoms with van der Waals surface area (Å²) in [6.07, 6.45) is 2.47. The van der Waals surface area contributed by atoms with Crippen LogP contribution in [0.25, 0.3) is 22.0 Å². The van der Waals surface area contributed by atoms with Crippen molar-refractivity contribution in [3.05, 3.63) is 88.0 Å². The van der Waals surface area contributed by atoms with Crippen molar-refractivity contribution in [2.24, 2.45) is 0 Å². The molecule has 1 unspecified atom stereocenters. The van der Waals surface area contributed by atoms with Gasteiger partial charge in [0.05, 0.1) is 29.6 Å². The first-order valence-electron chi connectivity index (χ1n) is 11.0. The van der Waals surface area contributed by atoms with E-state index in [0.29, 0.717) is 22.2 Å². The second-order valence-electron chi connectivity index (χ2n) is 8.47. The maximum absolute atomic E-state index is 13.5. The molecule has 1 aromatic heterocycles. The van der Waals surface area contributed by atoms with E-state index < -0.39 is 0 Å². The molecule has 2 heterocycles. The summed E-state index contributed by atoms with van der Waals surface area (Å²) in [5.41, 5.74) is 4.01. The molecule has 1 aliphatic rings. The molecule has 0 spiro atoms. The number of ether oxygens (including phenoxy) is 1. The molecule has 0 bridgehead atoms. The number of rotatable bonds is 4. The lowest BCUT2D eigenvalue weighted by Gasteiger charge is -2.27. The fraction of sp³-hybridized carbons (Fsp3) is 0.185. The number of hydrogen-bond donors (Lipinski definition) is 1. The lowest BCUT2D eigenvalue weighted by atomic mass is 9.97. The van der Waals surface area contributed by atoms with E-state index in [1.807, 2.05) is 73.6 Å². The van der Waals surface area contributed by atoms with Gasteiger partial charge in [-0.25, -0.2) is 0 Å². The number of benzene rings is 3. The molecular weight excluding hydrogens is 469 g/mol. The largest absolute Gasteiger partial charge is 0.493 e. The zero-order chi connectivity index (χ0) is 23.8. The fourth-order valence-corrected chi connectivity index (χ4v) is 5.08. The molecule has 0 aliphatic carbocycles. The first-order valence-corrected chi connectivity index (χ1v) is 11.8. The van der Waals surface area contributed by atoms with Crippen molar-refractivity contribution in [3.63, 3.8) is 0 Å². The number of para-hydroxylation sites is 1. The van der Waals surface area contributed by atoms with Crippen LogP contribution in [0.5, 0.6) is 5.75 Å². The van der Waals surface area contributed by atoms with E-state index in [2.05, 4.69) is 10.3 Å². The van der Waals surface area contributed by atoms with Gasteiger partial charge in [-0.1, -0.05) is 47.5 Å². The minimum Gasteiger partial charge on any atom is -0.493 e. The highest BCUT2D eigenvalue weighted by atomic mass is 35.5. The molecule has 0 saturated carbocycles. The minimum absolute atomic E-state index is 0.107. The van der Waals surface area contributed by atoms with Crippen molar-refractivity contribution in [3.8, 4) is 17.0 Å². The molecule has 0 radical (unpaired) electrons. The monoisotopic (exact) mass is 491 g/mol. The normalized spacial score (nSPS) is 14.9. The van der Waals surface area contributed by atoms with Gasteiger partial charge in [-0.2, -0.15) is 0 Å². The van der Waals surface area contributed by atoms with Gasteiger partial charge < -0.3 is 15.0 Å². The van der Waals surface area contributed by atoms with Crippen LogP contribution >= 0.6 is 23.2 Å². The Hall–Kier alpha value is -3.28. The Morgan fingerprint density at radius 1 is 1.03 bits per heavy atom. The van der Waals surface area contributed by atoms with Crippen LogP contribution in [0.3, 0.4) is 0 Å². The molecule has 172 valence electrons. The predicted molar refractivity (Wildman–Crippen MR) is 138 cm³/mol. The van der Waals surface area contributed by atoms with Gasteiger partial charge in [-0.3, -0.25) is 9.78 Å². The van der Waals surface area contributed by atoms with Crippen LogP contribution in [-0.4, -0.2) is 31.6 Å². The molecule has 1 amide bonds. The number of pyridine rings is 1. The Bertz CT molecular complexity index is 1380. The summed E-state index contributed by atoms with van der Waals surface area (Å²) in [7, 11) is 3.87. The molecule has 1 aliphatic heterocycles. The summed E-state index contributed by atoms with van der Waals surface area (Å²) in [5.74, 6) is 0.692. The summed E-state index contributed by atoms with van der Waals surface area (Å²) in [6, 6.07) is 18.8. The Morgan fingerprint density at radius 2 is 1.79 bits per heavy atom. The minimum atomic E-state index is -0.128. The average Bonchev–Trinajstić information content (AvgIpc) is 2.82. The lowest BCUT2D eigenvalue weighted by Crippen LogP contribution is -2.33. The SMILES string of the molecule is CN(C)c1c(C(=O)NC2CCOc3ccccc32)ccc2c(-c3cc(Cl)cc(Cl)c3)nccc12. The molecular formula is C27H23Cl2N3O2. The number of nitrogens with one attached hydrogen (secondary N) is 1. The summed E-state index contributed by atoms with van der Waals surface area (Å²) < 4.78 is 5.75. The van der Waals surface area contributed by atoms with E-state index >= 15 is 0 Å². The summed E-state index contributed by atoms with van der Waals surface area (Å²) in [4.78, 5) is 20.1. The van der Waals surface area contributed by atoms with Gasteiger partial charge in [0.15, 0.2) is 0 Å². The van der Waals surface area contributed by atoms with Crippen LogP contribution < -0.4 is 15.0 Å². The number of carbonyl (C=O) groups excluding carboxylic acids is 1. The number of hydrogen-bond acceptors (Lipinski definition) is 4. The number of amides is 1. The Morgan fingerprint density at radius 3 is 2.56 bits per heavy atom. The molecule has 7 heteroatoms. The van der Waals surface area contributed by atoms with Gasteiger partial charge >= 0.3 is 0 Å². The molecule has 1 N–H and O–H groups in total. The van der Waals surface area contributed by atoms with Crippen molar-refractivity contribution in [2.75, 3.05) is 25.6 Å². The topological polar surface area (TPSA) is 54.5 Å². The maximum atomic E-state index is 13.5. The summed E-state index contributed by atoms with van der Waals surface area (Å²) in [6.45, 7) is 0.567. The summed E-state index contributed by atoms with van der Waals surface area (Å²) in [5, 5.41) is 6.14. The smallest absolute Gasteiger partial charge is 0.253 e. The first kappa shape index (κ1) is 22.5. The van der Waals surface area contributed by atoms with Gasteiger partial charge in [0, 0.05) is 58.7 Å².